The highest BCUT2D eigenvalue weighted by molar-refractivity contribution is 5.95. The van der Waals surface area contributed by atoms with Gasteiger partial charge in [-0.2, -0.15) is 0 Å². The molecule has 1 rings (SSSR count). The van der Waals surface area contributed by atoms with Crippen LogP contribution in [0.3, 0.4) is 0 Å². The lowest BCUT2D eigenvalue weighted by Gasteiger charge is -2.14. The zero-order valence-electron chi connectivity index (χ0n) is 9.10. The summed E-state index contributed by atoms with van der Waals surface area (Å²) < 4.78 is 0. The quantitative estimate of drug-likeness (QED) is 0.441. The van der Waals surface area contributed by atoms with Gasteiger partial charge in [-0.1, -0.05) is 6.92 Å². The molecule has 0 aliphatic rings. The number of phenolic OH excluding ortho intramolecular Hbond substituents is 1. The van der Waals surface area contributed by atoms with Crippen molar-refractivity contribution >= 4 is 11.6 Å². The van der Waals surface area contributed by atoms with E-state index in [1.807, 2.05) is 6.92 Å². The van der Waals surface area contributed by atoms with Crippen LogP contribution in [0.25, 0.3) is 0 Å². The number of anilines is 1. The van der Waals surface area contributed by atoms with Gasteiger partial charge in [0.25, 0.3) is 5.91 Å². The Labute approximate surface area is 93.9 Å². The maximum absolute atomic E-state index is 11.7. The molecule has 0 aliphatic carbocycles. The maximum Gasteiger partial charge on any atom is 0.251 e. The fourth-order valence-electron chi connectivity index (χ4n) is 1.23. The highest BCUT2D eigenvalue weighted by Crippen LogP contribution is 2.20. The van der Waals surface area contributed by atoms with Crippen LogP contribution in [0, 0.1) is 0 Å². The molecule has 5 nitrogen and oxygen atoms in total. The van der Waals surface area contributed by atoms with E-state index in [9.17, 15) is 9.90 Å². The fraction of sp³-hybridized carbons (Fsp3) is 0.364. The molecule has 1 aromatic rings. The van der Waals surface area contributed by atoms with Gasteiger partial charge >= 0.3 is 0 Å². The number of hydrogen-bond acceptors (Lipinski definition) is 4. The number of nitrogens with one attached hydrogen (secondary N) is 1. The zero-order chi connectivity index (χ0) is 12.1. The average Bonchev–Trinajstić information content (AvgIpc) is 2.29. The van der Waals surface area contributed by atoms with Crippen LogP contribution in [-0.2, 0) is 0 Å². The van der Waals surface area contributed by atoms with Crippen LogP contribution >= 0.6 is 0 Å². The summed E-state index contributed by atoms with van der Waals surface area (Å²) in [5, 5.41) is 20.9. The van der Waals surface area contributed by atoms with E-state index in [2.05, 4.69) is 5.32 Å². The first-order valence-electron chi connectivity index (χ1n) is 5.08. The van der Waals surface area contributed by atoms with Crippen LogP contribution in [0.5, 0.6) is 5.75 Å². The van der Waals surface area contributed by atoms with Gasteiger partial charge in [-0.3, -0.25) is 4.79 Å². The summed E-state index contributed by atoms with van der Waals surface area (Å²) in [5.41, 5.74) is 5.97. The Bertz CT molecular complexity index is 375. The number of carbonyl (C=O) groups excluding carboxylic acids is 1. The lowest BCUT2D eigenvalue weighted by Crippen LogP contribution is -2.36. The molecule has 16 heavy (non-hydrogen) atoms. The summed E-state index contributed by atoms with van der Waals surface area (Å²) >= 11 is 0. The number of hydrogen-bond donors (Lipinski definition) is 4. The number of rotatable bonds is 4. The van der Waals surface area contributed by atoms with Crippen LogP contribution in [-0.4, -0.2) is 28.8 Å². The van der Waals surface area contributed by atoms with Crippen LogP contribution in [0.4, 0.5) is 5.69 Å². The van der Waals surface area contributed by atoms with Gasteiger partial charge in [-0.15, -0.1) is 0 Å². The minimum absolute atomic E-state index is 0.108. The van der Waals surface area contributed by atoms with Gasteiger partial charge in [-0.25, -0.2) is 0 Å². The molecule has 5 N–H and O–H groups in total. The lowest BCUT2D eigenvalue weighted by molar-refractivity contribution is 0.0914. The molecule has 0 bridgehead atoms. The maximum atomic E-state index is 11.7. The molecular formula is C11H16N2O3. The molecule has 0 saturated carbocycles. The Morgan fingerprint density at radius 3 is 2.75 bits per heavy atom. The minimum atomic E-state index is -0.337. The lowest BCUT2D eigenvalue weighted by atomic mass is 10.1. The van der Waals surface area contributed by atoms with Gasteiger partial charge in [0.1, 0.15) is 5.75 Å². The van der Waals surface area contributed by atoms with Crippen molar-refractivity contribution in [3.63, 3.8) is 0 Å². The van der Waals surface area contributed by atoms with E-state index in [4.69, 9.17) is 10.8 Å². The number of aromatic hydroxyl groups is 1. The second-order valence-electron chi connectivity index (χ2n) is 3.53. The van der Waals surface area contributed by atoms with Crippen LogP contribution < -0.4 is 11.1 Å². The second kappa shape index (κ2) is 5.37. The summed E-state index contributed by atoms with van der Waals surface area (Å²) in [6.45, 7) is 1.75. The normalized spacial score (nSPS) is 12.1. The predicted octanol–water partition coefficient (Wildman–Crippen LogP) is 0.475. The summed E-state index contributed by atoms with van der Waals surface area (Å²) in [4.78, 5) is 11.7. The SMILES string of the molecule is CCC(CO)NC(=O)c1ccc(N)c(O)c1. The minimum Gasteiger partial charge on any atom is -0.506 e. The van der Waals surface area contributed by atoms with Crippen LogP contribution in [0.15, 0.2) is 18.2 Å². The molecule has 0 spiro atoms. The molecule has 1 atom stereocenters. The van der Waals surface area contributed by atoms with Gasteiger partial charge in [0.15, 0.2) is 0 Å². The van der Waals surface area contributed by atoms with Crippen molar-refractivity contribution in [3.05, 3.63) is 23.8 Å². The Morgan fingerprint density at radius 2 is 2.25 bits per heavy atom. The number of carbonyl (C=O) groups is 1. The number of aliphatic hydroxyl groups excluding tert-OH is 1. The summed E-state index contributed by atoms with van der Waals surface area (Å²) in [6.07, 6.45) is 0.642. The van der Waals surface area contributed by atoms with Crippen molar-refractivity contribution < 1.29 is 15.0 Å². The molecule has 5 heteroatoms. The average molecular weight is 224 g/mol. The molecule has 1 unspecified atom stereocenters. The molecule has 0 saturated heterocycles. The number of nitrogen functional groups attached to an aromatic ring is 1. The van der Waals surface area contributed by atoms with E-state index in [1.54, 1.807) is 0 Å². The van der Waals surface area contributed by atoms with E-state index >= 15 is 0 Å². The van der Waals surface area contributed by atoms with Crippen LogP contribution in [0.1, 0.15) is 23.7 Å². The van der Waals surface area contributed by atoms with E-state index < -0.39 is 0 Å². The van der Waals surface area contributed by atoms with Crippen LogP contribution in [0.2, 0.25) is 0 Å². The Morgan fingerprint density at radius 1 is 1.56 bits per heavy atom. The van der Waals surface area contributed by atoms with Crippen molar-refractivity contribution in [2.24, 2.45) is 0 Å². The van der Waals surface area contributed by atoms with E-state index in [1.165, 1.54) is 18.2 Å². The number of aliphatic hydroxyl groups is 1. The Hall–Kier alpha value is -1.75. The molecule has 0 heterocycles. The molecular weight excluding hydrogens is 208 g/mol. The molecule has 1 aromatic carbocycles. The largest absolute Gasteiger partial charge is 0.506 e. The first kappa shape index (κ1) is 12.3. The third kappa shape index (κ3) is 2.87. The van der Waals surface area contributed by atoms with Gasteiger partial charge in [-0.05, 0) is 24.6 Å². The van der Waals surface area contributed by atoms with Crippen molar-refractivity contribution in [3.8, 4) is 5.75 Å². The number of benzene rings is 1. The summed E-state index contributed by atoms with van der Waals surface area (Å²) in [5.74, 6) is -0.458. The first-order valence-corrected chi connectivity index (χ1v) is 5.08. The van der Waals surface area contributed by atoms with E-state index in [0.29, 0.717) is 12.0 Å². The predicted molar refractivity (Wildman–Crippen MR) is 61.2 cm³/mol. The Balaban J connectivity index is 2.76. The van der Waals surface area contributed by atoms with Crippen molar-refractivity contribution in [2.45, 2.75) is 19.4 Å². The number of amides is 1. The van der Waals surface area contributed by atoms with Gasteiger partial charge in [0, 0.05) is 5.56 Å². The zero-order valence-corrected chi connectivity index (χ0v) is 9.10. The summed E-state index contributed by atoms with van der Waals surface area (Å²) in [7, 11) is 0. The van der Waals surface area contributed by atoms with Gasteiger partial charge in [0.2, 0.25) is 0 Å². The van der Waals surface area contributed by atoms with Crippen molar-refractivity contribution in [2.75, 3.05) is 12.3 Å². The smallest absolute Gasteiger partial charge is 0.251 e. The highest BCUT2D eigenvalue weighted by Gasteiger charge is 2.12. The second-order valence-corrected chi connectivity index (χ2v) is 3.53. The summed E-state index contributed by atoms with van der Waals surface area (Å²) in [6, 6.07) is 4.01. The van der Waals surface area contributed by atoms with Crippen molar-refractivity contribution in [1.82, 2.24) is 5.32 Å². The van der Waals surface area contributed by atoms with Gasteiger partial charge < -0.3 is 21.3 Å². The Kier molecular flexibility index (Phi) is 4.13. The monoisotopic (exact) mass is 224 g/mol. The molecule has 0 aliphatic heterocycles. The molecule has 88 valence electrons. The highest BCUT2D eigenvalue weighted by atomic mass is 16.3. The fourth-order valence-corrected chi connectivity index (χ4v) is 1.23. The third-order valence-electron chi connectivity index (χ3n) is 2.34. The van der Waals surface area contributed by atoms with Gasteiger partial charge in [0.05, 0.1) is 18.3 Å². The molecule has 0 aromatic heterocycles. The molecule has 0 fully saturated rings. The van der Waals surface area contributed by atoms with E-state index in [0.717, 1.165) is 0 Å². The standard InChI is InChI=1S/C11H16N2O3/c1-2-8(6-14)13-11(16)7-3-4-9(12)10(15)5-7/h3-5,8,14-15H,2,6,12H2,1H3,(H,13,16). The van der Waals surface area contributed by atoms with Crippen molar-refractivity contribution in [1.29, 1.82) is 0 Å². The topological polar surface area (TPSA) is 95.6 Å². The molecule has 0 radical (unpaired) electrons. The number of nitrogens with two attached hydrogens (primary N) is 1. The van der Waals surface area contributed by atoms with E-state index in [-0.39, 0.29) is 30.0 Å². The first-order chi connectivity index (χ1) is 7.58. The number of phenols is 1. The third-order valence-corrected chi connectivity index (χ3v) is 2.34. The molecule has 1 amide bonds.